The largest absolute Gasteiger partial charge is 0.478 e. The fourth-order valence-electron chi connectivity index (χ4n) is 1.57. The number of urea groups is 1. The molecule has 0 fully saturated rings. The van der Waals surface area contributed by atoms with Gasteiger partial charge in [0.25, 0.3) is 0 Å². The second-order valence-electron chi connectivity index (χ2n) is 4.77. The molecule has 0 saturated carbocycles. The molecule has 0 aliphatic rings. The number of hydrogen-bond donors (Lipinski definition) is 2. The highest BCUT2D eigenvalue weighted by Gasteiger charge is 2.21. The van der Waals surface area contributed by atoms with Gasteiger partial charge in [-0.25, -0.2) is 18.0 Å². The van der Waals surface area contributed by atoms with Crippen LogP contribution in [0.15, 0.2) is 0 Å². The molecular weight excluding hydrogens is 316 g/mol. The van der Waals surface area contributed by atoms with Crippen LogP contribution in [0.1, 0.15) is 20.8 Å². The molecule has 2 N–H and O–H groups in total. The van der Waals surface area contributed by atoms with E-state index in [0.29, 0.717) is 5.56 Å². The van der Waals surface area contributed by atoms with Crippen molar-refractivity contribution in [1.82, 2.24) is 4.90 Å². The summed E-state index contributed by atoms with van der Waals surface area (Å²) < 4.78 is 22.1. The monoisotopic (exact) mass is 334 g/mol. The summed E-state index contributed by atoms with van der Waals surface area (Å²) in [6, 6.07) is -0.539. The fourth-order valence-corrected chi connectivity index (χ4v) is 3.22. The number of sulfone groups is 1. The zero-order chi connectivity index (χ0) is 16.4. The Kier molecular flexibility index (Phi) is 5.35. The maximum atomic E-state index is 12.0. The lowest BCUT2D eigenvalue weighted by Gasteiger charge is -2.17. The van der Waals surface area contributed by atoms with Crippen molar-refractivity contribution >= 4 is 38.2 Å². The van der Waals surface area contributed by atoms with Crippen LogP contribution in [0.3, 0.4) is 0 Å². The minimum absolute atomic E-state index is 0.0381. The third kappa shape index (κ3) is 4.71. The molecule has 1 rings (SSSR count). The maximum Gasteiger partial charge on any atom is 0.338 e. The van der Waals surface area contributed by atoms with Crippen molar-refractivity contribution in [2.45, 2.75) is 13.8 Å². The number of nitrogens with one attached hydrogen (secondary N) is 1. The van der Waals surface area contributed by atoms with Crippen LogP contribution in [0.25, 0.3) is 0 Å². The number of amides is 2. The molecule has 0 saturated heterocycles. The minimum Gasteiger partial charge on any atom is -0.478 e. The van der Waals surface area contributed by atoms with E-state index in [1.54, 1.807) is 13.8 Å². The number of hydrogen-bond acceptors (Lipinski definition) is 5. The fraction of sp³-hybridized carbons (Fsp3) is 0.500. The summed E-state index contributed by atoms with van der Waals surface area (Å²) in [5, 5.41) is 12.0. The van der Waals surface area contributed by atoms with Gasteiger partial charge in [0.15, 0.2) is 0 Å². The average Bonchev–Trinajstić information content (AvgIpc) is 2.60. The van der Waals surface area contributed by atoms with Gasteiger partial charge in [0.2, 0.25) is 0 Å². The molecule has 2 amide bonds. The van der Waals surface area contributed by atoms with Crippen molar-refractivity contribution in [2.75, 3.05) is 30.9 Å². The summed E-state index contributed by atoms with van der Waals surface area (Å²) in [6.45, 7) is 3.49. The average molecular weight is 334 g/mol. The highest BCUT2D eigenvalue weighted by Crippen LogP contribution is 2.32. The number of nitrogens with zero attached hydrogens (tertiary/aromatic N) is 1. The Morgan fingerprint density at radius 3 is 2.38 bits per heavy atom. The second kappa shape index (κ2) is 6.44. The molecule has 118 valence electrons. The third-order valence-electron chi connectivity index (χ3n) is 2.96. The van der Waals surface area contributed by atoms with E-state index >= 15 is 0 Å². The van der Waals surface area contributed by atoms with Crippen molar-refractivity contribution in [1.29, 1.82) is 0 Å². The molecule has 0 radical (unpaired) electrons. The molecule has 0 bridgehead atoms. The van der Waals surface area contributed by atoms with E-state index in [0.717, 1.165) is 11.1 Å². The van der Waals surface area contributed by atoms with Gasteiger partial charge in [-0.1, -0.05) is 0 Å². The van der Waals surface area contributed by atoms with Gasteiger partial charge in [0.05, 0.1) is 11.3 Å². The molecule has 0 aliphatic carbocycles. The molecule has 0 unspecified atom stereocenters. The summed E-state index contributed by atoms with van der Waals surface area (Å²) in [7, 11) is -1.71. The predicted molar refractivity (Wildman–Crippen MR) is 82.1 cm³/mol. The Hall–Kier alpha value is -1.61. The van der Waals surface area contributed by atoms with E-state index in [9.17, 15) is 23.1 Å². The quantitative estimate of drug-likeness (QED) is 0.850. The molecule has 0 aromatic carbocycles. The number of thiophene rings is 1. The van der Waals surface area contributed by atoms with Gasteiger partial charge in [-0.05, 0) is 19.4 Å². The van der Waals surface area contributed by atoms with Crippen LogP contribution in [0.5, 0.6) is 0 Å². The van der Waals surface area contributed by atoms with Gasteiger partial charge in [-0.15, -0.1) is 11.3 Å². The number of carboxylic acid groups (broad SMARTS) is 1. The maximum absolute atomic E-state index is 12.0. The molecule has 21 heavy (non-hydrogen) atoms. The Labute approximate surface area is 127 Å². The first-order valence-electron chi connectivity index (χ1n) is 6.06. The van der Waals surface area contributed by atoms with Crippen LogP contribution in [-0.2, 0) is 9.84 Å². The van der Waals surface area contributed by atoms with Crippen LogP contribution in [0.2, 0.25) is 0 Å². The van der Waals surface area contributed by atoms with Gasteiger partial charge in [0, 0.05) is 24.7 Å². The van der Waals surface area contributed by atoms with Crippen LogP contribution in [0.4, 0.5) is 9.80 Å². The van der Waals surface area contributed by atoms with Gasteiger partial charge in [-0.3, -0.25) is 5.32 Å². The molecule has 9 heteroatoms. The predicted octanol–water partition coefficient (Wildman–Crippen LogP) is 1.57. The highest BCUT2D eigenvalue weighted by atomic mass is 32.2. The molecule has 1 heterocycles. The van der Waals surface area contributed by atoms with E-state index in [1.807, 2.05) is 0 Å². The third-order valence-corrected chi connectivity index (χ3v) is 5.01. The minimum atomic E-state index is -3.16. The molecular formula is C12H18N2O5S2. The van der Waals surface area contributed by atoms with E-state index in [2.05, 4.69) is 5.32 Å². The number of carboxylic acids is 1. The molecule has 0 aliphatic heterocycles. The van der Waals surface area contributed by atoms with Crippen LogP contribution < -0.4 is 5.32 Å². The number of aryl methyl sites for hydroxylation is 1. The lowest BCUT2D eigenvalue weighted by Crippen LogP contribution is -2.35. The summed E-state index contributed by atoms with van der Waals surface area (Å²) in [4.78, 5) is 25.2. The first-order chi connectivity index (χ1) is 9.53. The number of anilines is 1. The Morgan fingerprint density at radius 2 is 1.90 bits per heavy atom. The van der Waals surface area contributed by atoms with Crippen molar-refractivity contribution in [3.05, 3.63) is 16.0 Å². The van der Waals surface area contributed by atoms with Crippen LogP contribution >= 0.6 is 11.3 Å². The van der Waals surface area contributed by atoms with E-state index in [-0.39, 0.29) is 22.9 Å². The van der Waals surface area contributed by atoms with Gasteiger partial charge >= 0.3 is 12.0 Å². The SMILES string of the molecule is Cc1sc(NC(=O)N(C)CCS(C)(=O)=O)c(C(=O)O)c1C. The molecule has 0 atom stereocenters. The zero-order valence-corrected chi connectivity index (χ0v) is 13.9. The van der Waals surface area contributed by atoms with Crippen LogP contribution in [-0.4, -0.2) is 56.0 Å². The first-order valence-corrected chi connectivity index (χ1v) is 8.93. The second-order valence-corrected chi connectivity index (χ2v) is 8.26. The number of carbonyl (C=O) groups is 2. The van der Waals surface area contributed by atoms with E-state index in [1.165, 1.54) is 23.3 Å². The highest BCUT2D eigenvalue weighted by molar-refractivity contribution is 7.90. The summed E-state index contributed by atoms with van der Waals surface area (Å²) in [6.07, 6.45) is 1.09. The van der Waals surface area contributed by atoms with Gasteiger partial charge in [0.1, 0.15) is 14.8 Å². The molecule has 1 aromatic rings. The Balaban J connectivity index is 2.84. The lowest BCUT2D eigenvalue weighted by molar-refractivity contribution is 0.0697. The topological polar surface area (TPSA) is 104 Å². The van der Waals surface area contributed by atoms with E-state index < -0.39 is 21.8 Å². The Morgan fingerprint density at radius 1 is 1.33 bits per heavy atom. The molecule has 1 aromatic heterocycles. The van der Waals surface area contributed by atoms with Gasteiger partial charge < -0.3 is 10.0 Å². The van der Waals surface area contributed by atoms with Crippen molar-refractivity contribution in [2.24, 2.45) is 0 Å². The normalized spacial score (nSPS) is 11.2. The standard InChI is InChI=1S/C12H18N2O5S2/c1-7-8(2)20-10(9(7)11(15)16)13-12(17)14(3)5-6-21(4,18)19/h5-6H2,1-4H3,(H,13,17)(H,15,16). The summed E-state index contributed by atoms with van der Waals surface area (Å²) >= 11 is 1.18. The van der Waals surface area contributed by atoms with E-state index in [4.69, 9.17) is 0 Å². The number of rotatable bonds is 5. The van der Waals surface area contributed by atoms with Crippen molar-refractivity contribution < 1.29 is 23.1 Å². The summed E-state index contributed by atoms with van der Waals surface area (Å²) in [5.41, 5.74) is 0.684. The van der Waals surface area contributed by atoms with Crippen molar-refractivity contribution in [3.8, 4) is 0 Å². The lowest BCUT2D eigenvalue weighted by atomic mass is 10.1. The Bertz CT molecular complexity index is 663. The summed E-state index contributed by atoms with van der Waals surface area (Å²) in [5.74, 6) is -1.25. The first kappa shape index (κ1) is 17.4. The van der Waals surface area contributed by atoms with Crippen molar-refractivity contribution in [3.63, 3.8) is 0 Å². The zero-order valence-electron chi connectivity index (χ0n) is 12.3. The molecule has 0 spiro atoms. The van der Waals surface area contributed by atoms with Gasteiger partial charge in [-0.2, -0.15) is 0 Å². The smallest absolute Gasteiger partial charge is 0.338 e. The number of aromatic carboxylic acids is 1. The van der Waals surface area contributed by atoms with Crippen LogP contribution in [0, 0.1) is 13.8 Å². The number of carbonyl (C=O) groups excluding carboxylic acids is 1. The molecule has 7 nitrogen and oxygen atoms in total.